The molecular weight excluding hydrogens is 496 g/mol. The Labute approximate surface area is 217 Å². The van der Waals surface area contributed by atoms with Gasteiger partial charge in [-0.05, 0) is 43.7 Å². The Morgan fingerprint density at radius 2 is 2.11 bits per heavy atom. The Morgan fingerprint density at radius 3 is 2.92 bits per heavy atom. The third-order valence-corrected chi connectivity index (χ3v) is 6.52. The molecule has 5 rings (SSSR count). The van der Waals surface area contributed by atoms with Crippen molar-refractivity contribution in [2.75, 3.05) is 31.2 Å². The number of halogens is 2. The van der Waals surface area contributed by atoms with E-state index in [4.69, 9.17) is 10.5 Å². The third kappa shape index (κ3) is 5.27. The van der Waals surface area contributed by atoms with Gasteiger partial charge in [-0.15, -0.1) is 0 Å². The van der Waals surface area contributed by atoms with Gasteiger partial charge in [-0.25, -0.2) is 18.7 Å². The minimum Gasteiger partial charge on any atom is -0.492 e. The number of carbonyl (C=O) groups is 1. The van der Waals surface area contributed by atoms with E-state index in [0.29, 0.717) is 35.5 Å². The summed E-state index contributed by atoms with van der Waals surface area (Å²) in [7, 11) is 0. The molecule has 1 aliphatic heterocycles. The highest BCUT2D eigenvalue weighted by atomic mass is 19.2. The molecule has 3 N–H and O–H groups in total. The number of likely N-dealkylation sites (tertiary alicyclic amines) is 1. The van der Waals surface area contributed by atoms with E-state index in [0.717, 1.165) is 25.5 Å². The number of benzene rings is 2. The van der Waals surface area contributed by atoms with Gasteiger partial charge >= 0.3 is 0 Å². The van der Waals surface area contributed by atoms with E-state index >= 15 is 4.39 Å². The van der Waals surface area contributed by atoms with Crippen LogP contribution in [-0.4, -0.2) is 68.0 Å². The molecule has 1 amide bonds. The topological polar surface area (TPSA) is 123 Å². The first-order valence-electron chi connectivity index (χ1n) is 12.2. The number of ether oxygens (including phenoxy) is 1. The van der Waals surface area contributed by atoms with Crippen LogP contribution in [0.15, 0.2) is 55.1 Å². The van der Waals surface area contributed by atoms with Crippen LogP contribution in [0.25, 0.3) is 10.9 Å². The zero-order valence-electron chi connectivity index (χ0n) is 20.5. The van der Waals surface area contributed by atoms with Gasteiger partial charge in [-0.3, -0.25) is 19.3 Å². The first-order chi connectivity index (χ1) is 18.4. The quantitative estimate of drug-likeness (QED) is 0.325. The highest BCUT2D eigenvalue weighted by molar-refractivity contribution is 5.95. The van der Waals surface area contributed by atoms with E-state index in [1.54, 1.807) is 18.2 Å². The fourth-order valence-electron chi connectivity index (χ4n) is 4.72. The van der Waals surface area contributed by atoms with Crippen molar-refractivity contribution in [3.63, 3.8) is 0 Å². The van der Waals surface area contributed by atoms with E-state index in [1.165, 1.54) is 40.4 Å². The minimum atomic E-state index is -1.06. The summed E-state index contributed by atoms with van der Waals surface area (Å²) in [5.74, 6) is -1.80. The molecule has 0 radical (unpaired) electrons. The zero-order chi connectivity index (χ0) is 26.6. The van der Waals surface area contributed by atoms with Crippen molar-refractivity contribution >= 4 is 34.0 Å². The number of aromatic nitrogens is 4. The summed E-state index contributed by atoms with van der Waals surface area (Å²) in [6, 6.07) is 9.29. The molecule has 1 saturated heterocycles. The molecule has 1 aliphatic rings. The first-order valence-corrected chi connectivity index (χ1v) is 12.2. The van der Waals surface area contributed by atoms with Crippen LogP contribution in [0.1, 0.15) is 12.8 Å². The van der Waals surface area contributed by atoms with Gasteiger partial charge in [0.15, 0.2) is 11.6 Å². The van der Waals surface area contributed by atoms with Gasteiger partial charge in [0.2, 0.25) is 5.91 Å². The van der Waals surface area contributed by atoms with E-state index in [9.17, 15) is 14.3 Å². The number of hydrogen-bond donors (Lipinski definition) is 2. The molecular formula is C26H27F2N7O3. The third-order valence-electron chi connectivity index (χ3n) is 6.52. The SMILES string of the molecule is NC(=O)Cn1cc(N(c2cccc(F)c2F)c2ncnc3cc(OCCN4CCC[C@H]4CO)ccc23)cn1. The Balaban J connectivity index is 1.47. The van der Waals surface area contributed by atoms with Crippen LogP contribution in [0.4, 0.5) is 26.0 Å². The number of amides is 1. The smallest absolute Gasteiger partial charge is 0.239 e. The highest BCUT2D eigenvalue weighted by Gasteiger charge is 2.25. The molecule has 0 bridgehead atoms. The maximum absolute atomic E-state index is 15.0. The van der Waals surface area contributed by atoms with Crippen LogP contribution in [0, 0.1) is 11.6 Å². The lowest BCUT2D eigenvalue weighted by Gasteiger charge is -2.24. The average molecular weight is 524 g/mol. The maximum atomic E-state index is 15.0. The largest absolute Gasteiger partial charge is 0.492 e. The second-order valence-electron chi connectivity index (χ2n) is 9.01. The monoisotopic (exact) mass is 523 g/mol. The van der Waals surface area contributed by atoms with Gasteiger partial charge < -0.3 is 15.6 Å². The summed E-state index contributed by atoms with van der Waals surface area (Å²) in [5.41, 5.74) is 6.07. The van der Waals surface area contributed by atoms with Crippen LogP contribution in [-0.2, 0) is 11.3 Å². The molecule has 198 valence electrons. The van der Waals surface area contributed by atoms with E-state index in [-0.39, 0.29) is 30.7 Å². The van der Waals surface area contributed by atoms with Gasteiger partial charge in [-0.1, -0.05) is 6.07 Å². The summed E-state index contributed by atoms with van der Waals surface area (Å²) in [5, 5.41) is 14.2. The number of carbonyl (C=O) groups excluding carboxylic acids is 1. The van der Waals surface area contributed by atoms with Gasteiger partial charge in [0.25, 0.3) is 0 Å². The van der Waals surface area contributed by atoms with Crippen LogP contribution in [0.2, 0.25) is 0 Å². The molecule has 2 aromatic carbocycles. The summed E-state index contributed by atoms with van der Waals surface area (Å²) in [4.78, 5) is 23.7. The minimum absolute atomic E-state index is 0.0898. The number of aliphatic hydroxyl groups excluding tert-OH is 1. The normalized spacial score (nSPS) is 15.7. The van der Waals surface area contributed by atoms with E-state index < -0.39 is 17.5 Å². The molecule has 0 unspecified atom stereocenters. The van der Waals surface area contributed by atoms with Gasteiger partial charge in [0.1, 0.15) is 31.0 Å². The number of primary amides is 1. The summed E-state index contributed by atoms with van der Waals surface area (Å²) >= 11 is 0. The number of fused-ring (bicyclic) bond motifs is 1. The van der Waals surface area contributed by atoms with Crippen LogP contribution < -0.4 is 15.4 Å². The number of rotatable bonds is 10. The second kappa shape index (κ2) is 11.1. The van der Waals surface area contributed by atoms with Crippen molar-refractivity contribution in [2.45, 2.75) is 25.4 Å². The lowest BCUT2D eigenvalue weighted by Crippen LogP contribution is -2.35. The van der Waals surface area contributed by atoms with Crippen molar-refractivity contribution in [2.24, 2.45) is 5.73 Å². The Morgan fingerprint density at radius 1 is 1.24 bits per heavy atom. The highest BCUT2D eigenvalue weighted by Crippen LogP contribution is 2.39. The molecule has 2 aromatic heterocycles. The standard InChI is InChI=1S/C26H27F2N7O3/c27-21-4-1-5-23(25(21)28)35(18-12-32-34(13-18)14-24(29)37)26-20-7-6-19(11-22(20)30-16-31-26)38-10-9-33-8-2-3-17(33)15-36/h1,4-7,11-13,16-17,36H,2-3,8-10,14-15H2,(H2,29,37)/t17-/m0/s1. The Hall–Kier alpha value is -4.16. The van der Waals surface area contributed by atoms with Crippen molar-refractivity contribution in [1.82, 2.24) is 24.6 Å². The lowest BCUT2D eigenvalue weighted by molar-refractivity contribution is -0.118. The van der Waals surface area contributed by atoms with E-state index in [1.807, 2.05) is 0 Å². The van der Waals surface area contributed by atoms with Crippen molar-refractivity contribution in [3.05, 3.63) is 66.8 Å². The number of nitrogens with two attached hydrogens (primary N) is 1. The molecule has 38 heavy (non-hydrogen) atoms. The molecule has 1 fully saturated rings. The Kier molecular flexibility index (Phi) is 7.43. The van der Waals surface area contributed by atoms with Crippen molar-refractivity contribution in [3.8, 4) is 5.75 Å². The van der Waals surface area contributed by atoms with Crippen molar-refractivity contribution in [1.29, 1.82) is 0 Å². The fraction of sp³-hybridized carbons (Fsp3) is 0.308. The van der Waals surface area contributed by atoms with Gasteiger partial charge in [-0.2, -0.15) is 5.10 Å². The van der Waals surface area contributed by atoms with Gasteiger partial charge in [0, 0.05) is 30.2 Å². The molecule has 0 saturated carbocycles. The van der Waals surface area contributed by atoms with Gasteiger partial charge in [0.05, 0.1) is 29.7 Å². The zero-order valence-corrected chi connectivity index (χ0v) is 20.5. The van der Waals surface area contributed by atoms with Crippen LogP contribution in [0.3, 0.4) is 0 Å². The molecule has 12 heteroatoms. The number of aliphatic hydroxyl groups is 1. The molecule has 0 aliphatic carbocycles. The number of anilines is 3. The number of nitrogens with zero attached hydrogens (tertiary/aromatic N) is 6. The van der Waals surface area contributed by atoms with E-state index in [2.05, 4.69) is 20.0 Å². The summed E-state index contributed by atoms with van der Waals surface area (Å²) in [6.45, 7) is 2.03. The first kappa shape index (κ1) is 25.5. The fourth-order valence-corrected chi connectivity index (χ4v) is 4.72. The molecule has 1 atom stereocenters. The average Bonchev–Trinajstić information content (AvgIpc) is 3.55. The Bertz CT molecular complexity index is 1450. The summed E-state index contributed by atoms with van der Waals surface area (Å²) < 4.78 is 36.5. The second-order valence-corrected chi connectivity index (χ2v) is 9.01. The van der Waals surface area contributed by atoms with Crippen LogP contribution >= 0.6 is 0 Å². The maximum Gasteiger partial charge on any atom is 0.239 e. The lowest BCUT2D eigenvalue weighted by atomic mass is 10.2. The van der Waals surface area contributed by atoms with Crippen LogP contribution in [0.5, 0.6) is 5.75 Å². The summed E-state index contributed by atoms with van der Waals surface area (Å²) in [6.07, 6.45) is 6.28. The predicted molar refractivity (Wildman–Crippen MR) is 136 cm³/mol. The molecule has 4 aromatic rings. The number of hydrogen-bond acceptors (Lipinski definition) is 8. The molecule has 3 heterocycles. The van der Waals surface area contributed by atoms with Crippen molar-refractivity contribution < 1.29 is 23.4 Å². The predicted octanol–water partition coefficient (Wildman–Crippen LogP) is 2.90. The molecule has 10 nitrogen and oxygen atoms in total. The molecule has 0 spiro atoms.